The first-order chi connectivity index (χ1) is 10.8. The third kappa shape index (κ3) is 2.20. The van der Waals surface area contributed by atoms with Gasteiger partial charge in [-0.25, -0.2) is 4.79 Å². The second kappa shape index (κ2) is 4.91. The number of aromatic nitrogens is 2. The van der Waals surface area contributed by atoms with Crippen molar-refractivity contribution >= 4 is 22.1 Å². The van der Waals surface area contributed by atoms with Gasteiger partial charge in [-0.15, -0.1) is 4.28 Å². The molecule has 2 aliphatic rings. The van der Waals surface area contributed by atoms with Crippen LogP contribution in [0.3, 0.4) is 0 Å². The van der Waals surface area contributed by atoms with E-state index in [2.05, 4.69) is 14.5 Å². The summed E-state index contributed by atoms with van der Waals surface area (Å²) in [5.74, 6) is 0. The minimum Gasteiger partial charge on any atom is -0.410 e. The molecule has 2 N–H and O–H groups in total. The summed E-state index contributed by atoms with van der Waals surface area (Å²) in [4.78, 5) is 13.5. The first-order valence-corrected chi connectivity index (χ1v) is 7.55. The number of nitrogens with zero attached hydrogens (tertiary/aromatic N) is 6. The Balaban J connectivity index is 2.15. The van der Waals surface area contributed by atoms with Crippen LogP contribution < -0.4 is 0 Å². The molecule has 12 nitrogen and oxygen atoms in total. The SMILES string of the molecule is Cn1ncc2c1[C@@H](/C(C#N)=N/O)N1C[C@@H]2N(OS(=O)(=O)O)C1=O. The molecule has 13 heteroatoms. The molecule has 0 saturated carbocycles. The van der Waals surface area contributed by atoms with Gasteiger partial charge in [0.1, 0.15) is 18.2 Å². The highest BCUT2D eigenvalue weighted by Gasteiger charge is 2.53. The molecule has 2 amide bonds. The van der Waals surface area contributed by atoms with Crippen molar-refractivity contribution in [3.63, 3.8) is 0 Å². The average Bonchev–Trinajstić information content (AvgIpc) is 2.97. The summed E-state index contributed by atoms with van der Waals surface area (Å²) < 4.78 is 36.5. The Kier molecular flexibility index (Phi) is 3.25. The van der Waals surface area contributed by atoms with Crippen molar-refractivity contribution in [1.82, 2.24) is 19.7 Å². The van der Waals surface area contributed by atoms with Gasteiger partial charge in [0.2, 0.25) is 0 Å². The van der Waals surface area contributed by atoms with E-state index in [-0.39, 0.29) is 12.3 Å². The number of hydrogen-bond acceptors (Lipinski definition) is 8. The molecule has 2 aliphatic heterocycles. The largest absolute Gasteiger partial charge is 0.418 e. The zero-order chi connectivity index (χ0) is 16.9. The number of hydroxylamine groups is 2. The molecule has 122 valence electrons. The molecule has 2 atom stereocenters. The van der Waals surface area contributed by atoms with Gasteiger partial charge in [0.15, 0.2) is 5.71 Å². The Hall–Kier alpha value is -2.69. The third-order valence-electron chi connectivity index (χ3n) is 3.69. The van der Waals surface area contributed by atoms with Gasteiger partial charge in [-0.05, 0) is 0 Å². The van der Waals surface area contributed by atoms with Crippen molar-refractivity contribution in [3.8, 4) is 6.07 Å². The van der Waals surface area contributed by atoms with E-state index >= 15 is 0 Å². The monoisotopic (exact) mass is 342 g/mol. The molecule has 0 aromatic carbocycles. The van der Waals surface area contributed by atoms with Crippen molar-refractivity contribution in [1.29, 1.82) is 5.26 Å². The lowest BCUT2D eigenvalue weighted by Crippen LogP contribution is -2.39. The molecule has 1 aromatic rings. The van der Waals surface area contributed by atoms with Crippen molar-refractivity contribution in [2.75, 3.05) is 6.54 Å². The van der Waals surface area contributed by atoms with Gasteiger partial charge in [0.25, 0.3) is 0 Å². The normalized spacial score (nSPS) is 23.9. The molecule has 2 bridgehead atoms. The molecule has 3 rings (SSSR count). The van der Waals surface area contributed by atoms with Crippen LogP contribution in [0.4, 0.5) is 4.79 Å². The highest BCUT2D eigenvalue weighted by atomic mass is 32.3. The van der Waals surface area contributed by atoms with Crippen LogP contribution in [0.5, 0.6) is 0 Å². The molecule has 0 radical (unpaired) electrons. The van der Waals surface area contributed by atoms with Crippen LogP contribution in [0, 0.1) is 11.3 Å². The van der Waals surface area contributed by atoms with Crippen molar-refractivity contribution in [2.24, 2.45) is 12.2 Å². The molecule has 1 aromatic heterocycles. The lowest BCUT2D eigenvalue weighted by molar-refractivity contribution is -0.0316. The smallest absolute Gasteiger partial charge is 0.410 e. The lowest BCUT2D eigenvalue weighted by Gasteiger charge is -2.29. The van der Waals surface area contributed by atoms with E-state index in [4.69, 9.17) is 15.0 Å². The molecule has 0 unspecified atom stereocenters. The second-order valence-electron chi connectivity index (χ2n) is 4.89. The topological polar surface area (TPSA) is 161 Å². The molecule has 0 aliphatic carbocycles. The Morgan fingerprint density at radius 2 is 2.30 bits per heavy atom. The minimum absolute atomic E-state index is 0.0294. The van der Waals surface area contributed by atoms with Gasteiger partial charge in [0.05, 0.1) is 18.4 Å². The summed E-state index contributed by atoms with van der Waals surface area (Å²) in [7, 11) is -3.36. The zero-order valence-corrected chi connectivity index (χ0v) is 12.4. The van der Waals surface area contributed by atoms with E-state index in [1.807, 2.05) is 0 Å². The Labute approximate surface area is 129 Å². The summed E-state index contributed by atoms with van der Waals surface area (Å²) in [5, 5.41) is 25.5. The van der Waals surface area contributed by atoms with Crippen molar-refractivity contribution in [2.45, 2.75) is 12.1 Å². The number of hydrogen-bond donors (Lipinski definition) is 2. The predicted octanol–water partition coefficient (Wildman–Crippen LogP) is -0.658. The Morgan fingerprint density at radius 1 is 1.61 bits per heavy atom. The average molecular weight is 342 g/mol. The molecular weight excluding hydrogens is 332 g/mol. The fraction of sp³-hybridized carbons (Fsp3) is 0.400. The highest BCUT2D eigenvalue weighted by molar-refractivity contribution is 7.80. The van der Waals surface area contributed by atoms with Gasteiger partial charge in [-0.3, -0.25) is 9.23 Å². The number of fused-ring (bicyclic) bond motifs is 4. The second-order valence-corrected chi connectivity index (χ2v) is 5.89. The van der Waals surface area contributed by atoms with Gasteiger partial charge in [-0.2, -0.15) is 23.8 Å². The number of rotatable bonds is 3. The maximum Gasteiger partial charge on any atom is 0.418 e. The van der Waals surface area contributed by atoms with Gasteiger partial charge < -0.3 is 10.1 Å². The molecular formula is C10H10N6O6S. The number of oxime groups is 1. The van der Waals surface area contributed by atoms with Crippen LogP contribution >= 0.6 is 0 Å². The standard InChI is InChI=1S/C10H10N6O6S/c1-14-8-5(3-12-14)7-4-15(9(8)6(2-11)13-18)10(17)16(7)22-23(19,20)21/h3,7,9,18H,4H2,1H3,(H,19,20,21)/b13-6+/t7-,9+/m0/s1. The number of urea groups is 1. The number of amides is 2. The van der Waals surface area contributed by atoms with E-state index in [0.29, 0.717) is 16.3 Å². The highest BCUT2D eigenvalue weighted by Crippen LogP contribution is 2.44. The quantitative estimate of drug-likeness (QED) is 0.317. The van der Waals surface area contributed by atoms with Gasteiger partial charge in [0, 0.05) is 12.6 Å². The number of carbonyl (C=O) groups excluding carboxylic acids is 1. The summed E-state index contributed by atoms with van der Waals surface area (Å²) in [6, 6.07) is -1.11. The van der Waals surface area contributed by atoms with Gasteiger partial charge in [-0.1, -0.05) is 5.16 Å². The third-order valence-corrected chi connectivity index (χ3v) is 4.04. The summed E-state index contributed by atoms with van der Waals surface area (Å²) >= 11 is 0. The fourth-order valence-electron chi connectivity index (χ4n) is 2.84. The molecule has 23 heavy (non-hydrogen) atoms. The number of nitriles is 1. The summed E-state index contributed by atoms with van der Waals surface area (Å²) in [6.07, 6.45) is 1.38. The minimum atomic E-state index is -4.92. The van der Waals surface area contributed by atoms with Crippen LogP contribution in [0.1, 0.15) is 23.3 Å². The maximum atomic E-state index is 12.4. The summed E-state index contributed by atoms with van der Waals surface area (Å²) in [6.45, 7) is -0.0294. The fourth-order valence-corrected chi connectivity index (χ4v) is 3.21. The van der Waals surface area contributed by atoms with Crippen LogP contribution in [0.2, 0.25) is 0 Å². The van der Waals surface area contributed by atoms with E-state index in [1.165, 1.54) is 10.9 Å². The first-order valence-electron chi connectivity index (χ1n) is 6.19. The van der Waals surface area contributed by atoms with Crippen molar-refractivity contribution in [3.05, 3.63) is 17.5 Å². The van der Waals surface area contributed by atoms with E-state index < -0.39 is 28.5 Å². The molecule has 0 spiro atoms. The maximum absolute atomic E-state index is 12.4. The molecule has 3 heterocycles. The number of aryl methyl sites for hydroxylation is 1. The Morgan fingerprint density at radius 3 is 2.87 bits per heavy atom. The predicted molar refractivity (Wildman–Crippen MR) is 70.1 cm³/mol. The van der Waals surface area contributed by atoms with Crippen LogP contribution in [-0.4, -0.2) is 56.2 Å². The number of carbonyl (C=O) groups is 1. The first kappa shape index (κ1) is 15.2. The zero-order valence-electron chi connectivity index (χ0n) is 11.6. The van der Waals surface area contributed by atoms with Gasteiger partial charge >= 0.3 is 16.4 Å². The van der Waals surface area contributed by atoms with E-state index in [1.54, 1.807) is 13.1 Å². The van der Waals surface area contributed by atoms with Crippen LogP contribution in [0.15, 0.2) is 11.4 Å². The van der Waals surface area contributed by atoms with E-state index in [0.717, 1.165) is 4.90 Å². The van der Waals surface area contributed by atoms with Crippen LogP contribution in [-0.2, 0) is 21.7 Å². The Bertz CT molecular complexity index is 854. The summed E-state index contributed by atoms with van der Waals surface area (Å²) in [5.41, 5.74) is 0.431. The van der Waals surface area contributed by atoms with Crippen molar-refractivity contribution < 1.29 is 27.3 Å². The van der Waals surface area contributed by atoms with Crippen LogP contribution in [0.25, 0.3) is 0 Å². The lowest BCUT2D eigenvalue weighted by atomic mass is 9.95. The molecule has 1 saturated heterocycles. The van der Waals surface area contributed by atoms with E-state index in [9.17, 15) is 13.2 Å². The molecule has 1 fully saturated rings.